The highest BCUT2D eigenvalue weighted by molar-refractivity contribution is 6.29. The maximum Gasteiger partial charge on any atom is 0.256 e. The fraction of sp³-hybridized carbons (Fsp3) is 0.310. The van der Waals surface area contributed by atoms with Crippen molar-refractivity contribution in [3.05, 3.63) is 101 Å². The van der Waals surface area contributed by atoms with Crippen LogP contribution in [0.25, 0.3) is 11.4 Å². The van der Waals surface area contributed by atoms with Crippen molar-refractivity contribution in [2.24, 2.45) is 11.1 Å². The van der Waals surface area contributed by atoms with Gasteiger partial charge in [0.1, 0.15) is 16.7 Å². The summed E-state index contributed by atoms with van der Waals surface area (Å²) in [7, 11) is 0. The highest BCUT2D eigenvalue weighted by Crippen LogP contribution is 2.39. The minimum atomic E-state index is -0.344. The molecule has 1 atom stereocenters. The number of carbonyl (C=O) groups is 1. The number of carbonyl (C=O) groups excluding carboxylic acids is 1. The maximum atomic E-state index is 13.9. The third kappa shape index (κ3) is 6.42. The minimum Gasteiger partial charge on any atom is -0.330 e. The van der Waals surface area contributed by atoms with Gasteiger partial charge in [-0.25, -0.2) is 9.97 Å². The fourth-order valence-corrected chi connectivity index (χ4v) is 4.58. The zero-order valence-electron chi connectivity index (χ0n) is 21.5. The van der Waals surface area contributed by atoms with E-state index in [-0.39, 0.29) is 17.4 Å². The Morgan fingerprint density at radius 3 is 2.41 bits per heavy atom. The van der Waals surface area contributed by atoms with Crippen LogP contribution >= 0.6 is 11.6 Å². The molecule has 3 heterocycles. The zero-order chi connectivity index (χ0) is 26.4. The van der Waals surface area contributed by atoms with Crippen LogP contribution in [0.1, 0.15) is 55.0 Å². The predicted octanol–water partition coefficient (Wildman–Crippen LogP) is 5.62. The van der Waals surface area contributed by atoms with Crippen molar-refractivity contribution >= 4 is 17.5 Å². The maximum absolute atomic E-state index is 13.9. The average molecular weight is 517 g/mol. The summed E-state index contributed by atoms with van der Waals surface area (Å²) >= 11 is 6.00. The second kappa shape index (κ2) is 11.7. The van der Waals surface area contributed by atoms with Crippen molar-refractivity contribution < 1.29 is 4.79 Å². The highest BCUT2D eigenvalue weighted by atomic mass is 35.5. The molecule has 2 N–H and O–H groups in total. The normalized spacial score (nSPS) is 12.4. The molecule has 0 saturated heterocycles. The summed E-state index contributed by atoms with van der Waals surface area (Å²) in [6.45, 7) is 7.95. The lowest BCUT2D eigenvalue weighted by molar-refractivity contribution is 0.0482. The van der Waals surface area contributed by atoms with Gasteiger partial charge in [0.05, 0.1) is 17.3 Å². The Morgan fingerprint density at radius 1 is 1.03 bits per heavy atom. The summed E-state index contributed by atoms with van der Waals surface area (Å²) in [5.41, 5.74) is 8.72. The molecule has 192 valence electrons. The Labute approximate surface area is 223 Å². The standard InChI is InChI=1S/C29H33ClN6O/c1-29(2,3)26(36(17-9-15-31)28(37)22-13-14-25(30)33-18-22)27-34-24(23-12-7-8-16-32-23)20-35(27)19-21-10-5-4-6-11-21/h4-8,10-14,16,18,20,26H,9,15,17,19,31H2,1-3H3. The van der Waals surface area contributed by atoms with E-state index in [9.17, 15) is 4.79 Å². The Hall–Kier alpha value is -3.55. The van der Waals surface area contributed by atoms with Gasteiger partial charge in [-0.1, -0.05) is 68.8 Å². The molecule has 4 rings (SSSR count). The number of amides is 1. The molecule has 0 aliphatic heterocycles. The zero-order valence-corrected chi connectivity index (χ0v) is 22.3. The van der Waals surface area contributed by atoms with Crippen LogP contribution in [-0.2, 0) is 6.54 Å². The number of nitrogens with two attached hydrogens (primary N) is 1. The second-order valence-electron chi connectivity index (χ2n) is 10.1. The van der Waals surface area contributed by atoms with Crippen molar-refractivity contribution in [3.63, 3.8) is 0 Å². The summed E-state index contributed by atoms with van der Waals surface area (Å²) in [6.07, 6.45) is 5.97. The molecule has 0 aliphatic carbocycles. The summed E-state index contributed by atoms with van der Waals surface area (Å²) in [4.78, 5) is 29.6. The third-order valence-corrected chi connectivity index (χ3v) is 6.37. The number of pyridine rings is 2. The average Bonchev–Trinajstić information content (AvgIpc) is 3.29. The molecule has 0 aliphatic rings. The van der Waals surface area contributed by atoms with Crippen molar-refractivity contribution in [2.75, 3.05) is 13.1 Å². The van der Waals surface area contributed by atoms with Crippen LogP contribution < -0.4 is 5.73 Å². The van der Waals surface area contributed by atoms with E-state index in [1.165, 1.54) is 6.20 Å². The van der Waals surface area contributed by atoms with Crippen molar-refractivity contribution in [1.29, 1.82) is 0 Å². The first kappa shape index (κ1) is 26.5. The van der Waals surface area contributed by atoms with E-state index >= 15 is 0 Å². The number of imidazole rings is 1. The molecule has 3 aromatic heterocycles. The lowest BCUT2D eigenvalue weighted by atomic mass is 9.84. The van der Waals surface area contributed by atoms with Crippen LogP contribution in [0.2, 0.25) is 5.15 Å². The van der Waals surface area contributed by atoms with Crippen molar-refractivity contribution in [1.82, 2.24) is 24.4 Å². The first-order chi connectivity index (χ1) is 17.8. The van der Waals surface area contributed by atoms with E-state index in [2.05, 4.69) is 47.4 Å². The number of hydrogen-bond donors (Lipinski definition) is 1. The van der Waals surface area contributed by atoms with Crippen LogP contribution in [0.4, 0.5) is 0 Å². The first-order valence-corrected chi connectivity index (χ1v) is 12.8. The van der Waals surface area contributed by atoms with E-state index < -0.39 is 0 Å². The molecule has 1 aromatic carbocycles. The number of rotatable bonds is 9. The van der Waals surface area contributed by atoms with Gasteiger partial charge < -0.3 is 15.2 Å². The molecule has 1 amide bonds. The molecular weight excluding hydrogens is 484 g/mol. The van der Waals surface area contributed by atoms with Gasteiger partial charge in [-0.3, -0.25) is 9.78 Å². The van der Waals surface area contributed by atoms with Gasteiger partial charge >= 0.3 is 0 Å². The van der Waals surface area contributed by atoms with E-state index in [4.69, 9.17) is 22.3 Å². The van der Waals surface area contributed by atoms with Crippen LogP contribution in [0.5, 0.6) is 0 Å². The number of aromatic nitrogens is 4. The fourth-order valence-electron chi connectivity index (χ4n) is 4.46. The van der Waals surface area contributed by atoms with Gasteiger partial charge in [-0.05, 0) is 48.2 Å². The molecule has 37 heavy (non-hydrogen) atoms. The largest absolute Gasteiger partial charge is 0.330 e. The molecule has 8 heteroatoms. The van der Waals surface area contributed by atoms with Gasteiger partial charge in [0.25, 0.3) is 5.91 Å². The molecule has 0 fully saturated rings. The summed E-state index contributed by atoms with van der Waals surface area (Å²) in [6, 6.07) is 19.0. The number of halogens is 1. The summed E-state index contributed by atoms with van der Waals surface area (Å²) in [5.74, 6) is 0.662. The monoisotopic (exact) mass is 516 g/mol. The van der Waals surface area contributed by atoms with Crippen LogP contribution in [0.15, 0.2) is 79.3 Å². The molecular formula is C29H33ClN6O. The van der Waals surface area contributed by atoms with Gasteiger partial charge in [-0.2, -0.15) is 0 Å². The summed E-state index contributed by atoms with van der Waals surface area (Å²) in [5, 5.41) is 0.343. The molecule has 0 saturated carbocycles. The van der Waals surface area contributed by atoms with Gasteiger partial charge in [-0.15, -0.1) is 0 Å². The van der Waals surface area contributed by atoms with Crippen LogP contribution in [0, 0.1) is 5.41 Å². The van der Waals surface area contributed by atoms with E-state index in [1.54, 1.807) is 18.3 Å². The minimum absolute atomic E-state index is 0.133. The van der Waals surface area contributed by atoms with Crippen molar-refractivity contribution in [2.45, 2.75) is 39.8 Å². The van der Waals surface area contributed by atoms with Crippen molar-refractivity contribution in [3.8, 4) is 11.4 Å². The Kier molecular flexibility index (Phi) is 8.36. The Morgan fingerprint density at radius 2 is 1.78 bits per heavy atom. The number of hydrogen-bond acceptors (Lipinski definition) is 5. The molecule has 0 radical (unpaired) electrons. The first-order valence-electron chi connectivity index (χ1n) is 12.4. The summed E-state index contributed by atoms with van der Waals surface area (Å²) < 4.78 is 2.14. The molecule has 1 unspecified atom stereocenters. The van der Waals surface area contributed by atoms with Crippen LogP contribution in [-0.4, -0.2) is 43.4 Å². The Balaban J connectivity index is 1.85. The quantitative estimate of drug-likeness (QED) is 0.291. The smallest absolute Gasteiger partial charge is 0.256 e. The van der Waals surface area contributed by atoms with Gasteiger partial charge in [0.15, 0.2) is 0 Å². The molecule has 0 spiro atoms. The molecule has 4 aromatic rings. The van der Waals surface area contributed by atoms with E-state index in [1.807, 2.05) is 47.5 Å². The molecule has 0 bridgehead atoms. The van der Waals surface area contributed by atoms with Crippen LogP contribution in [0.3, 0.4) is 0 Å². The van der Waals surface area contributed by atoms with Gasteiger partial charge in [0, 0.05) is 31.7 Å². The topological polar surface area (TPSA) is 89.9 Å². The Bertz CT molecular complexity index is 1300. The van der Waals surface area contributed by atoms with E-state index in [0.29, 0.717) is 36.8 Å². The second-order valence-corrected chi connectivity index (χ2v) is 10.5. The molecule has 7 nitrogen and oxygen atoms in total. The predicted molar refractivity (Wildman–Crippen MR) is 147 cm³/mol. The lowest BCUT2D eigenvalue weighted by Crippen LogP contribution is -2.43. The number of nitrogens with zero attached hydrogens (tertiary/aromatic N) is 5. The third-order valence-electron chi connectivity index (χ3n) is 6.15. The van der Waals surface area contributed by atoms with E-state index in [0.717, 1.165) is 22.8 Å². The number of benzene rings is 1. The lowest BCUT2D eigenvalue weighted by Gasteiger charge is -2.40. The highest BCUT2D eigenvalue weighted by Gasteiger charge is 2.38. The SMILES string of the molecule is CC(C)(C)C(c1nc(-c2ccccn2)cn1Cc1ccccc1)N(CCCN)C(=O)c1ccc(Cl)nc1. The van der Waals surface area contributed by atoms with Gasteiger partial charge in [0.2, 0.25) is 0 Å².